The number of hydrogen-bond donors (Lipinski definition) is 3. The van der Waals surface area contributed by atoms with Crippen molar-refractivity contribution in [2.45, 2.75) is 11.8 Å². The molecule has 0 aliphatic rings. The quantitative estimate of drug-likeness (QED) is 0.398. The summed E-state index contributed by atoms with van der Waals surface area (Å²) in [6.07, 6.45) is 0. The van der Waals surface area contributed by atoms with Gasteiger partial charge in [-0.15, -0.1) is 0 Å². The van der Waals surface area contributed by atoms with E-state index in [1.54, 1.807) is 31.2 Å². The van der Waals surface area contributed by atoms with Crippen LogP contribution in [0.25, 0.3) is 0 Å². The Balaban J connectivity index is 1.70. The first-order valence-electron chi connectivity index (χ1n) is 8.75. The second kappa shape index (κ2) is 8.62. The first-order valence-corrected chi connectivity index (χ1v) is 10.2. The van der Waals surface area contributed by atoms with E-state index >= 15 is 0 Å². The van der Waals surface area contributed by atoms with Crippen LogP contribution in [0.4, 0.5) is 27.5 Å². The third kappa shape index (κ3) is 5.11. The maximum atomic E-state index is 12.6. The highest BCUT2D eigenvalue weighted by atomic mass is 32.2. The van der Waals surface area contributed by atoms with Crippen LogP contribution in [-0.2, 0) is 10.0 Å². The van der Waals surface area contributed by atoms with E-state index in [2.05, 4.69) is 15.4 Å². The van der Waals surface area contributed by atoms with Gasteiger partial charge in [-0.2, -0.15) is 0 Å². The summed E-state index contributed by atoms with van der Waals surface area (Å²) in [5, 5.41) is 16.2. The van der Waals surface area contributed by atoms with E-state index in [9.17, 15) is 23.3 Å². The topological polar surface area (TPSA) is 130 Å². The van der Waals surface area contributed by atoms with Gasteiger partial charge in [-0.05, 0) is 48.9 Å². The van der Waals surface area contributed by atoms with Crippen molar-refractivity contribution in [1.82, 2.24) is 0 Å². The van der Waals surface area contributed by atoms with Gasteiger partial charge in [-0.3, -0.25) is 14.8 Å². The smallest absolute Gasteiger partial charge is 0.308 e. The molecular weight excluding hydrogens is 408 g/mol. The van der Waals surface area contributed by atoms with E-state index in [-0.39, 0.29) is 16.3 Å². The van der Waals surface area contributed by atoms with Gasteiger partial charge in [0.25, 0.3) is 15.7 Å². The van der Waals surface area contributed by atoms with Gasteiger partial charge in [-0.1, -0.05) is 24.3 Å². The summed E-state index contributed by atoms with van der Waals surface area (Å²) >= 11 is 0. The molecule has 30 heavy (non-hydrogen) atoms. The zero-order valence-corrected chi connectivity index (χ0v) is 16.6. The molecule has 3 N–H and O–H groups in total. The lowest BCUT2D eigenvalue weighted by Gasteiger charge is -2.11. The van der Waals surface area contributed by atoms with Gasteiger partial charge in [0.2, 0.25) is 0 Å². The number of urea groups is 1. The average Bonchev–Trinajstić information content (AvgIpc) is 2.70. The van der Waals surface area contributed by atoms with Gasteiger partial charge in [0.05, 0.1) is 9.82 Å². The third-order valence-electron chi connectivity index (χ3n) is 4.10. The maximum absolute atomic E-state index is 12.6. The molecule has 0 aliphatic carbocycles. The Kier molecular flexibility index (Phi) is 5.98. The van der Waals surface area contributed by atoms with Crippen LogP contribution < -0.4 is 15.4 Å². The van der Waals surface area contributed by atoms with E-state index in [1.807, 2.05) is 6.07 Å². The number of nitro groups is 1. The number of nitrogens with zero attached hydrogens (tertiary/aromatic N) is 1. The van der Waals surface area contributed by atoms with Crippen LogP contribution in [0.5, 0.6) is 0 Å². The van der Waals surface area contributed by atoms with Crippen molar-refractivity contribution in [3.8, 4) is 0 Å². The number of carbonyl (C=O) groups excluding carboxylic acids is 1. The number of rotatable bonds is 6. The molecule has 0 saturated heterocycles. The van der Waals surface area contributed by atoms with E-state index < -0.39 is 21.0 Å². The summed E-state index contributed by atoms with van der Waals surface area (Å²) in [6.45, 7) is 1.55. The Hall–Kier alpha value is -3.92. The van der Waals surface area contributed by atoms with Crippen LogP contribution in [0.3, 0.4) is 0 Å². The van der Waals surface area contributed by atoms with E-state index in [0.29, 0.717) is 16.9 Å². The van der Waals surface area contributed by atoms with Crippen molar-refractivity contribution in [2.75, 3.05) is 15.4 Å². The lowest BCUT2D eigenvalue weighted by atomic mass is 10.2. The zero-order valence-electron chi connectivity index (χ0n) is 15.8. The molecule has 10 heteroatoms. The minimum atomic E-state index is -4.03. The van der Waals surface area contributed by atoms with Crippen LogP contribution in [0.15, 0.2) is 77.7 Å². The second-order valence-corrected chi connectivity index (χ2v) is 7.99. The number of amides is 2. The number of sulfonamides is 1. The van der Waals surface area contributed by atoms with E-state index in [1.165, 1.54) is 36.4 Å². The van der Waals surface area contributed by atoms with Crippen LogP contribution in [0.2, 0.25) is 0 Å². The first kappa shape index (κ1) is 20.8. The van der Waals surface area contributed by atoms with Gasteiger partial charge in [0.15, 0.2) is 0 Å². The van der Waals surface area contributed by atoms with Crippen LogP contribution in [0.1, 0.15) is 5.56 Å². The minimum Gasteiger partial charge on any atom is -0.308 e. The summed E-state index contributed by atoms with van der Waals surface area (Å²) in [7, 11) is -4.03. The Morgan fingerprint density at radius 1 is 0.867 bits per heavy atom. The molecule has 0 saturated carbocycles. The summed E-state index contributed by atoms with van der Waals surface area (Å²) in [5.41, 5.74) is 1.40. The van der Waals surface area contributed by atoms with Gasteiger partial charge in [0.1, 0.15) is 0 Å². The highest BCUT2D eigenvalue weighted by molar-refractivity contribution is 7.92. The fourth-order valence-corrected chi connectivity index (χ4v) is 3.96. The van der Waals surface area contributed by atoms with Crippen molar-refractivity contribution in [3.63, 3.8) is 0 Å². The van der Waals surface area contributed by atoms with Gasteiger partial charge < -0.3 is 10.6 Å². The third-order valence-corrected chi connectivity index (χ3v) is 5.62. The Bertz CT molecular complexity index is 1180. The molecule has 3 aromatic rings. The van der Waals surface area contributed by atoms with Crippen LogP contribution in [-0.4, -0.2) is 19.4 Å². The normalized spacial score (nSPS) is 10.8. The van der Waals surface area contributed by atoms with Crippen molar-refractivity contribution < 1.29 is 18.1 Å². The largest absolute Gasteiger partial charge is 0.323 e. The molecular formula is C20H18N4O5S. The van der Waals surface area contributed by atoms with Crippen molar-refractivity contribution >= 4 is 38.8 Å². The van der Waals surface area contributed by atoms with Gasteiger partial charge >= 0.3 is 6.03 Å². The molecule has 0 spiro atoms. The first-order chi connectivity index (χ1) is 14.2. The maximum Gasteiger partial charge on any atom is 0.323 e. The number of aryl methyl sites for hydroxylation is 1. The SMILES string of the molecule is Cc1ccc([N+](=O)[O-])cc1S(=O)(=O)Nc1ccc(NC(=O)Nc2ccccc2)cc1. The second-order valence-electron chi connectivity index (χ2n) is 6.33. The average molecular weight is 426 g/mol. The summed E-state index contributed by atoms with van der Waals surface area (Å²) in [4.78, 5) is 22.1. The fraction of sp³-hybridized carbons (Fsp3) is 0.0500. The molecule has 0 bridgehead atoms. The molecule has 0 fully saturated rings. The standard InChI is InChI=1S/C20H18N4O5S/c1-14-7-12-18(24(26)27)13-19(14)30(28,29)23-17-10-8-16(9-11-17)22-20(25)21-15-5-3-2-4-6-15/h2-13,23H,1H3,(H2,21,22,25). The Morgan fingerprint density at radius 3 is 2.03 bits per heavy atom. The highest BCUT2D eigenvalue weighted by Crippen LogP contribution is 2.24. The van der Waals surface area contributed by atoms with Crippen LogP contribution in [0, 0.1) is 17.0 Å². The Labute approximate surface area is 173 Å². The number of hydrogen-bond acceptors (Lipinski definition) is 5. The number of non-ortho nitro benzene ring substituents is 1. The number of para-hydroxylation sites is 1. The van der Waals surface area contributed by atoms with Crippen molar-refractivity contribution in [3.05, 3.63) is 88.5 Å². The number of carbonyl (C=O) groups is 1. The number of anilines is 3. The lowest BCUT2D eigenvalue weighted by Crippen LogP contribution is -2.19. The monoisotopic (exact) mass is 426 g/mol. The lowest BCUT2D eigenvalue weighted by molar-refractivity contribution is -0.385. The molecule has 9 nitrogen and oxygen atoms in total. The molecule has 3 aromatic carbocycles. The Morgan fingerprint density at radius 2 is 1.43 bits per heavy atom. The molecule has 0 aromatic heterocycles. The van der Waals surface area contributed by atoms with E-state index in [0.717, 1.165) is 6.07 Å². The number of benzene rings is 3. The van der Waals surface area contributed by atoms with Crippen LogP contribution >= 0.6 is 0 Å². The number of nitro benzene ring substituents is 1. The molecule has 0 aliphatic heterocycles. The van der Waals surface area contributed by atoms with Gasteiger partial charge in [0, 0.05) is 29.2 Å². The predicted octanol–water partition coefficient (Wildman–Crippen LogP) is 4.35. The summed E-state index contributed by atoms with van der Waals surface area (Å²) in [6, 6.07) is 18.1. The molecule has 0 heterocycles. The van der Waals surface area contributed by atoms with Crippen molar-refractivity contribution in [1.29, 1.82) is 0 Å². The molecule has 2 amide bonds. The number of nitrogens with one attached hydrogen (secondary N) is 3. The van der Waals surface area contributed by atoms with Gasteiger partial charge in [-0.25, -0.2) is 13.2 Å². The molecule has 3 rings (SSSR count). The summed E-state index contributed by atoms with van der Waals surface area (Å²) < 4.78 is 27.7. The molecule has 0 unspecified atom stereocenters. The highest BCUT2D eigenvalue weighted by Gasteiger charge is 2.20. The summed E-state index contributed by atoms with van der Waals surface area (Å²) in [5.74, 6) is 0. The zero-order chi connectivity index (χ0) is 21.7. The fourth-order valence-electron chi connectivity index (χ4n) is 2.64. The molecule has 0 radical (unpaired) electrons. The molecule has 154 valence electrons. The molecule has 0 atom stereocenters. The van der Waals surface area contributed by atoms with E-state index in [4.69, 9.17) is 0 Å². The van der Waals surface area contributed by atoms with Crippen molar-refractivity contribution in [2.24, 2.45) is 0 Å². The minimum absolute atomic E-state index is 0.179. The predicted molar refractivity (Wildman–Crippen MR) is 114 cm³/mol.